The molecule has 100 valence electrons. The second-order valence-electron chi connectivity index (χ2n) is 4.06. The molecule has 0 aliphatic rings. The topological polar surface area (TPSA) is 49.3 Å². The predicted molar refractivity (Wildman–Crippen MR) is 74.1 cm³/mol. The number of aliphatic hydroxyl groups is 1. The van der Waals surface area contributed by atoms with Crippen molar-refractivity contribution in [1.82, 2.24) is 5.32 Å². The summed E-state index contributed by atoms with van der Waals surface area (Å²) in [5.41, 5.74) is 0.636. The van der Waals surface area contributed by atoms with E-state index in [-0.39, 0.29) is 25.0 Å². The highest BCUT2D eigenvalue weighted by atomic mass is 35.5. The second-order valence-corrected chi connectivity index (χ2v) is 4.88. The highest BCUT2D eigenvalue weighted by Crippen LogP contribution is 2.24. The van der Waals surface area contributed by atoms with Crippen molar-refractivity contribution >= 4 is 29.1 Å². The fourth-order valence-corrected chi connectivity index (χ4v) is 2.21. The minimum Gasteiger partial charge on any atom is -0.396 e. The van der Waals surface area contributed by atoms with Crippen LogP contribution in [0.25, 0.3) is 0 Å². The molecule has 1 rings (SSSR count). The molecule has 1 aromatic carbocycles. The summed E-state index contributed by atoms with van der Waals surface area (Å²) in [5, 5.41) is 12.7. The summed E-state index contributed by atoms with van der Waals surface area (Å²) in [6.07, 6.45) is 1.49. The zero-order chi connectivity index (χ0) is 13.5. The lowest BCUT2D eigenvalue weighted by atomic mass is 10.1. The maximum absolute atomic E-state index is 11.9. The van der Waals surface area contributed by atoms with E-state index < -0.39 is 0 Å². The molecule has 0 bridgehead atoms. The van der Waals surface area contributed by atoms with Crippen LogP contribution in [0.5, 0.6) is 0 Å². The lowest BCUT2D eigenvalue weighted by Gasteiger charge is -2.16. The maximum Gasteiger partial charge on any atom is 0.224 e. The first-order chi connectivity index (χ1) is 8.58. The van der Waals surface area contributed by atoms with Crippen LogP contribution in [0.4, 0.5) is 0 Å². The zero-order valence-corrected chi connectivity index (χ0v) is 11.8. The summed E-state index contributed by atoms with van der Waals surface area (Å²) in [6, 6.07) is 5.15. The molecule has 0 saturated heterocycles. The van der Waals surface area contributed by atoms with Gasteiger partial charge in [0.25, 0.3) is 0 Å². The number of rotatable bonds is 6. The van der Waals surface area contributed by atoms with Gasteiger partial charge in [0.15, 0.2) is 0 Å². The van der Waals surface area contributed by atoms with Crippen LogP contribution in [0, 0.1) is 0 Å². The standard InChI is InChI=1S/C13H17Cl2NO2/c1-2-9(6-7-17)16-13(18)8-10-11(14)4-3-5-12(10)15/h3-5,9,17H,2,6-8H2,1H3,(H,16,18). The molecule has 18 heavy (non-hydrogen) atoms. The first-order valence-corrected chi connectivity index (χ1v) is 6.67. The van der Waals surface area contributed by atoms with E-state index in [1.807, 2.05) is 6.92 Å². The Balaban J connectivity index is 2.64. The summed E-state index contributed by atoms with van der Waals surface area (Å²) in [4.78, 5) is 11.9. The van der Waals surface area contributed by atoms with Gasteiger partial charge in [-0.25, -0.2) is 0 Å². The minimum absolute atomic E-state index is 0.0104. The highest BCUT2D eigenvalue weighted by molar-refractivity contribution is 6.36. The van der Waals surface area contributed by atoms with E-state index in [1.54, 1.807) is 18.2 Å². The molecule has 0 spiro atoms. The van der Waals surface area contributed by atoms with E-state index in [4.69, 9.17) is 28.3 Å². The van der Waals surface area contributed by atoms with Crippen LogP contribution in [-0.4, -0.2) is 23.7 Å². The number of nitrogens with one attached hydrogen (secondary N) is 1. The van der Waals surface area contributed by atoms with Crippen molar-refractivity contribution in [2.45, 2.75) is 32.2 Å². The summed E-state index contributed by atoms with van der Waals surface area (Å²) in [7, 11) is 0. The molecule has 3 nitrogen and oxygen atoms in total. The fraction of sp³-hybridized carbons (Fsp3) is 0.462. The van der Waals surface area contributed by atoms with Gasteiger partial charge >= 0.3 is 0 Å². The predicted octanol–water partition coefficient (Wildman–Crippen LogP) is 2.81. The number of benzene rings is 1. The van der Waals surface area contributed by atoms with Crippen LogP contribution in [0.1, 0.15) is 25.3 Å². The van der Waals surface area contributed by atoms with Gasteiger partial charge in [-0.05, 0) is 30.5 Å². The average molecular weight is 290 g/mol. The maximum atomic E-state index is 11.9. The molecule has 0 radical (unpaired) electrons. The number of hydrogen-bond donors (Lipinski definition) is 2. The van der Waals surface area contributed by atoms with Gasteiger partial charge in [-0.1, -0.05) is 36.2 Å². The molecule has 2 N–H and O–H groups in total. The van der Waals surface area contributed by atoms with Gasteiger partial charge in [-0.15, -0.1) is 0 Å². The van der Waals surface area contributed by atoms with Crippen molar-refractivity contribution in [2.75, 3.05) is 6.61 Å². The van der Waals surface area contributed by atoms with Gasteiger partial charge in [-0.2, -0.15) is 0 Å². The summed E-state index contributed by atoms with van der Waals surface area (Å²) in [5.74, 6) is -0.134. The quantitative estimate of drug-likeness (QED) is 0.846. The Bertz CT molecular complexity index is 390. The highest BCUT2D eigenvalue weighted by Gasteiger charge is 2.13. The van der Waals surface area contributed by atoms with Crippen LogP contribution in [0.2, 0.25) is 10.0 Å². The van der Waals surface area contributed by atoms with E-state index in [2.05, 4.69) is 5.32 Å². The molecule has 1 aromatic rings. The molecule has 5 heteroatoms. The lowest BCUT2D eigenvalue weighted by Crippen LogP contribution is -2.36. The summed E-state index contributed by atoms with van der Waals surface area (Å²) < 4.78 is 0. The Kier molecular flexibility index (Phi) is 6.47. The van der Waals surface area contributed by atoms with Crippen molar-refractivity contribution in [3.63, 3.8) is 0 Å². The SMILES string of the molecule is CCC(CCO)NC(=O)Cc1c(Cl)cccc1Cl. The minimum atomic E-state index is -0.134. The van der Waals surface area contributed by atoms with Crippen LogP contribution >= 0.6 is 23.2 Å². The van der Waals surface area contributed by atoms with Gasteiger partial charge in [0, 0.05) is 22.7 Å². The Hall–Kier alpha value is -0.770. The van der Waals surface area contributed by atoms with Gasteiger partial charge < -0.3 is 10.4 Å². The Morgan fingerprint density at radius 2 is 2.00 bits per heavy atom. The van der Waals surface area contributed by atoms with Gasteiger partial charge in [0.05, 0.1) is 6.42 Å². The third-order valence-electron chi connectivity index (χ3n) is 2.73. The summed E-state index contributed by atoms with van der Waals surface area (Å²) in [6.45, 7) is 2.02. The number of hydrogen-bond acceptors (Lipinski definition) is 2. The smallest absolute Gasteiger partial charge is 0.224 e. The average Bonchev–Trinajstić information content (AvgIpc) is 2.33. The first-order valence-electron chi connectivity index (χ1n) is 5.91. The zero-order valence-electron chi connectivity index (χ0n) is 10.2. The number of carbonyl (C=O) groups is 1. The van der Waals surface area contributed by atoms with Gasteiger partial charge in [-0.3, -0.25) is 4.79 Å². The van der Waals surface area contributed by atoms with E-state index in [0.29, 0.717) is 22.0 Å². The molecule has 1 unspecified atom stereocenters. The van der Waals surface area contributed by atoms with E-state index in [9.17, 15) is 4.79 Å². The van der Waals surface area contributed by atoms with Crippen LogP contribution in [0.3, 0.4) is 0 Å². The molecule has 0 heterocycles. The lowest BCUT2D eigenvalue weighted by molar-refractivity contribution is -0.121. The molecule has 0 saturated carbocycles. The van der Waals surface area contributed by atoms with Crippen molar-refractivity contribution in [3.05, 3.63) is 33.8 Å². The van der Waals surface area contributed by atoms with Crippen molar-refractivity contribution in [1.29, 1.82) is 0 Å². The third-order valence-corrected chi connectivity index (χ3v) is 3.44. The Morgan fingerprint density at radius 3 is 2.50 bits per heavy atom. The van der Waals surface area contributed by atoms with Gasteiger partial charge in [0.2, 0.25) is 5.91 Å². The molecule has 0 aliphatic heterocycles. The van der Waals surface area contributed by atoms with Gasteiger partial charge in [0.1, 0.15) is 0 Å². The molecular weight excluding hydrogens is 273 g/mol. The molecular formula is C13H17Cl2NO2. The summed E-state index contributed by atoms with van der Waals surface area (Å²) >= 11 is 12.0. The van der Waals surface area contributed by atoms with Crippen LogP contribution in [-0.2, 0) is 11.2 Å². The van der Waals surface area contributed by atoms with Crippen molar-refractivity contribution in [3.8, 4) is 0 Å². The van der Waals surface area contributed by atoms with E-state index in [1.165, 1.54) is 0 Å². The number of halogens is 2. The number of carbonyl (C=O) groups excluding carboxylic acids is 1. The fourth-order valence-electron chi connectivity index (χ4n) is 1.67. The largest absolute Gasteiger partial charge is 0.396 e. The molecule has 0 fully saturated rings. The van der Waals surface area contributed by atoms with E-state index in [0.717, 1.165) is 6.42 Å². The van der Waals surface area contributed by atoms with Crippen LogP contribution < -0.4 is 5.32 Å². The number of aliphatic hydroxyl groups excluding tert-OH is 1. The molecule has 0 aromatic heterocycles. The normalized spacial score (nSPS) is 12.2. The Labute approximate surface area is 117 Å². The van der Waals surface area contributed by atoms with Crippen molar-refractivity contribution < 1.29 is 9.90 Å². The molecule has 0 aliphatic carbocycles. The van der Waals surface area contributed by atoms with Crippen molar-refractivity contribution in [2.24, 2.45) is 0 Å². The first kappa shape index (κ1) is 15.3. The monoisotopic (exact) mass is 289 g/mol. The number of amides is 1. The Morgan fingerprint density at radius 1 is 1.39 bits per heavy atom. The molecule has 1 amide bonds. The third kappa shape index (κ3) is 4.48. The second kappa shape index (κ2) is 7.62. The van der Waals surface area contributed by atoms with Crippen LogP contribution in [0.15, 0.2) is 18.2 Å². The molecule has 1 atom stereocenters. The van der Waals surface area contributed by atoms with E-state index >= 15 is 0 Å².